The van der Waals surface area contributed by atoms with Crippen molar-refractivity contribution in [1.82, 2.24) is 13.7 Å². The topological polar surface area (TPSA) is 102 Å². The van der Waals surface area contributed by atoms with E-state index in [0.29, 0.717) is 19.6 Å². The van der Waals surface area contributed by atoms with Crippen molar-refractivity contribution in [2.24, 2.45) is 0 Å². The number of nitrogens with zero attached hydrogens (tertiary/aromatic N) is 6. The van der Waals surface area contributed by atoms with Gasteiger partial charge in [-0.15, -0.1) is 0 Å². The summed E-state index contributed by atoms with van der Waals surface area (Å²) in [6, 6.07) is 165. The van der Waals surface area contributed by atoms with E-state index in [1.54, 1.807) is 18.2 Å². The van der Waals surface area contributed by atoms with Gasteiger partial charge in [0.25, 0.3) is 0 Å². The van der Waals surface area contributed by atoms with E-state index in [1.165, 1.54) is 110 Å². The Labute approximate surface area is 840 Å². The van der Waals surface area contributed by atoms with Crippen LogP contribution < -0.4 is 19.4 Å². The van der Waals surface area contributed by atoms with Gasteiger partial charge in [0.05, 0.1) is 86.8 Å². The predicted molar refractivity (Wildman–Crippen MR) is 593 cm³/mol. The van der Waals surface area contributed by atoms with Crippen LogP contribution >= 0.6 is 0 Å². The Hall–Kier alpha value is -17.9. The van der Waals surface area contributed by atoms with Crippen LogP contribution in [-0.4, -0.2) is 30.5 Å². The van der Waals surface area contributed by atoms with E-state index in [1.807, 2.05) is 48.5 Å². The lowest BCUT2D eigenvalue weighted by Crippen LogP contribution is -2.30. The van der Waals surface area contributed by atoms with Crippen molar-refractivity contribution in [3.8, 4) is 106 Å². The smallest absolute Gasteiger partial charge is 0.207 e. The van der Waals surface area contributed by atoms with Crippen molar-refractivity contribution >= 4 is 136 Å². The summed E-state index contributed by atoms with van der Waals surface area (Å²) >= 11 is 0. The first kappa shape index (κ1) is 85.1. The zero-order valence-corrected chi connectivity index (χ0v) is 81.2. The van der Waals surface area contributed by atoms with Gasteiger partial charge in [-0.1, -0.05) is 319 Å². The number of benzene rings is 21. The summed E-state index contributed by atoms with van der Waals surface area (Å²) in [7, 11) is -7.47. The normalized spacial score (nSPS) is 14.3. The lowest BCUT2D eigenvalue weighted by Gasteiger charge is -2.36. The first-order chi connectivity index (χ1) is 71.0. The highest BCUT2D eigenvalue weighted by atomic mass is 32.2. The Morgan fingerprint density at radius 2 is 0.372 bits per heavy atom. The monoisotopic (exact) mass is 1900 g/mol. The van der Waals surface area contributed by atoms with Crippen molar-refractivity contribution in [2.75, 3.05) is 14.7 Å². The molecule has 0 amide bonds. The molecule has 9 heterocycles. The molecule has 0 bridgehead atoms. The Morgan fingerprint density at radius 3 is 0.676 bits per heavy atom. The molecule has 6 aliphatic heterocycles. The van der Waals surface area contributed by atoms with Gasteiger partial charge in [0, 0.05) is 133 Å². The van der Waals surface area contributed by atoms with Gasteiger partial charge in [0.15, 0.2) is 0 Å². The molecular formula is C132H90N6O5S2. The molecule has 0 atom stereocenters. The second kappa shape index (κ2) is 32.3. The summed E-state index contributed by atoms with van der Waals surface area (Å²) in [4.78, 5) is 8.40. The standard InChI is InChI=1S/C45H32N2O2S.C45H32N2O.C42H26N2O2S/c1-45(2)37-27-29(46-39-19-9-5-15-33(39)31-13-3-4-14-32(31)34-16-6-10-20-40(34)46)23-25-43(37)50(48,49)44-26-24-30(28-38(44)45)47-41-21-11-7-17-35(41)36-18-8-12-22-42(36)47;1-45(2)37-27-29(46-39-19-9-5-15-33(39)31-13-3-4-14-32(31)34-16-6-10-20-40(34)46)23-25-43(37)48-44-26-24-30(28-38(44)45)47-41-21-11-7-17-35(41)36-18-8-12-22-42(36)47;45-47(46)41-23-21-27(43-37-17-7-3-13-31(37)29-11-1-2-12-30(29)32-14-4-8-18-38(32)43)25-35(41)36-26-28(22-24-42(36)47)44-39-19-9-5-15-33(39)34-16-6-10-20-40(34)44/h3-28H,1-2H3;3-28H,1-2H3;1-26H. The molecule has 3 aromatic heterocycles. The number of hydrogen-bond acceptors (Lipinski definition) is 8. The van der Waals surface area contributed by atoms with Gasteiger partial charge < -0.3 is 33.1 Å². The third-order valence-electron chi connectivity index (χ3n) is 30.8. The van der Waals surface area contributed by atoms with Crippen molar-refractivity contribution in [2.45, 2.75) is 58.1 Å². The molecule has 0 saturated heterocycles. The summed E-state index contributed by atoms with van der Waals surface area (Å²) in [6.45, 7) is 8.96. The van der Waals surface area contributed by atoms with Gasteiger partial charge in [-0.2, -0.15) is 0 Å². The summed E-state index contributed by atoms with van der Waals surface area (Å²) in [5.74, 6) is 1.81. The lowest BCUT2D eigenvalue weighted by molar-refractivity contribution is 0.418. The number of anilines is 9. The van der Waals surface area contributed by atoms with Gasteiger partial charge in [0.1, 0.15) is 11.5 Å². The first-order valence-electron chi connectivity index (χ1n) is 49.3. The molecule has 0 saturated carbocycles. The number of para-hydroxylation sites is 12. The molecule has 0 fully saturated rings. The fraction of sp³-hybridized carbons (Fsp3) is 0.0455. The fourth-order valence-electron chi connectivity index (χ4n) is 24.1. The average molecular weight is 1900 g/mol. The molecule has 0 unspecified atom stereocenters. The van der Waals surface area contributed by atoms with Gasteiger partial charge >= 0.3 is 0 Å². The molecular weight excluding hydrogens is 1810 g/mol. The Morgan fingerprint density at radius 1 is 0.179 bits per heavy atom. The third-order valence-corrected chi connectivity index (χ3v) is 34.6. The second-order valence-corrected chi connectivity index (χ2v) is 43.1. The second-order valence-electron chi connectivity index (χ2n) is 39.3. The first-order valence-corrected chi connectivity index (χ1v) is 52.2. The summed E-state index contributed by atoms with van der Waals surface area (Å²) in [5.41, 5.74) is 37.8. The van der Waals surface area contributed by atoms with Crippen molar-refractivity contribution < 1.29 is 21.6 Å². The highest BCUT2D eigenvalue weighted by molar-refractivity contribution is 7.92. The van der Waals surface area contributed by atoms with E-state index in [9.17, 15) is 16.8 Å². The van der Waals surface area contributed by atoms with E-state index in [2.05, 4.69) is 463 Å². The van der Waals surface area contributed by atoms with E-state index in [4.69, 9.17) is 4.74 Å². The zero-order chi connectivity index (χ0) is 97.0. The highest BCUT2D eigenvalue weighted by Crippen LogP contribution is 2.60. The minimum Gasteiger partial charge on any atom is -0.457 e. The van der Waals surface area contributed by atoms with E-state index < -0.39 is 25.1 Å². The van der Waals surface area contributed by atoms with Crippen LogP contribution in [0.4, 0.5) is 51.2 Å². The van der Waals surface area contributed by atoms with E-state index in [0.717, 1.165) is 135 Å². The molecule has 690 valence electrons. The zero-order valence-electron chi connectivity index (χ0n) is 79.6. The third kappa shape index (κ3) is 12.8. The van der Waals surface area contributed by atoms with Crippen molar-refractivity contribution in [3.05, 3.63) is 495 Å². The minimum absolute atomic E-state index is 0.318. The van der Waals surface area contributed by atoms with Crippen LogP contribution in [0.15, 0.2) is 493 Å². The predicted octanol–water partition coefficient (Wildman–Crippen LogP) is 34.4. The largest absolute Gasteiger partial charge is 0.457 e. The molecule has 6 aliphatic rings. The number of ether oxygens (including phenoxy) is 1. The fourth-order valence-corrected chi connectivity index (χ4v) is 27.7. The van der Waals surface area contributed by atoms with Gasteiger partial charge in [-0.25, -0.2) is 16.8 Å². The van der Waals surface area contributed by atoms with Crippen LogP contribution in [0.5, 0.6) is 11.5 Å². The molecule has 11 nitrogen and oxygen atoms in total. The van der Waals surface area contributed by atoms with Crippen LogP contribution in [-0.2, 0) is 30.5 Å². The number of sulfone groups is 2. The Kier molecular flexibility index (Phi) is 19.0. The molecule has 13 heteroatoms. The van der Waals surface area contributed by atoms with E-state index >= 15 is 0 Å². The van der Waals surface area contributed by atoms with Crippen molar-refractivity contribution in [3.63, 3.8) is 0 Å². The van der Waals surface area contributed by atoms with Crippen LogP contribution in [0.25, 0.3) is 160 Å². The SMILES string of the molecule is CC1(C)c2cc(N3c4ccccc4-c4ccccc4-c4ccccc43)ccc2Oc2ccc(-n3c4ccccc4c4ccccc43)cc21.CC1(C)c2cc(N3c4ccccc4-c4ccccc4-c4ccccc43)ccc2S(=O)(=O)c2ccc(-n3c4ccccc4c4ccccc43)cc21.O=S1(=O)c2ccc(N3c4ccccc4-c4ccccc4-c4ccccc43)cc2-c2cc(-n3c4ccccc4c4ccccc43)ccc21. The summed E-state index contributed by atoms with van der Waals surface area (Å²) in [6.07, 6.45) is 0. The molecule has 0 spiro atoms. The molecule has 145 heavy (non-hydrogen) atoms. The van der Waals surface area contributed by atoms with Crippen LogP contribution in [0.1, 0.15) is 49.9 Å². The molecule has 21 aromatic carbocycles. The molecule has 24 aromatic rings. The maximum absolute atomic E-state index is 14.5. The number of fused-ring (bicyclic) bond motifs is 31. The van der Waals surface area contributed by atoms with Crippen LogP contribution in [0.3, 0.4) is 0 Å². The molecule has 0 N–H and O–H groups in total. The van der Waals surface area contributed by atoms with Crippen LogP contribution in [0, 0.1) is 0 Å². The van der Waals surface area contributed by atoms with Crippen LogP contribution in [0.2, 0.25) is 0 Å². The van der Waals surface area contributed by atoms with Gasteiger partial charge in [0.2, 0.25) is 19.7 Å². The summed E-state index contributed by atoms with van der Waals surface area (Å²) in [5, 5.41) is 7.19. The molecule has 0 aliphatic carbocycles. The lowest BCUT2D eigenvalue weighted by atomic mass is 9.75. The minimum atomic E-state index is -3.79. The number of rotatable bonds is 6. The highest BCUT2D eigenvalue weighted by Gasteiger charge is 2.44. The Bertz CT molecular complexity index is 9570. The summed E-state index contributed by atoms with van der Waals surface area (Å²) < 4.78 is 70.4. The molecule has 30 rings (SSSR count). The van der Waals surface area contributed by atoms with Gasteiger partial charge in [-0.05, 0) is 226 Å². The Balaban J connectivity index is 0.000000106. The number of hydrogen-bond donors (Lipinski definition) is 0. The van der Waals surface area contributed by atoms with Crippen molar-refractivity contribution in [1.29, 1.82) is 0 Å². The molecule has 0 radical (unpaired) electrons. The maximum atomic E-state index is 14.5. The average Bonchev–Trinajstić information content (AvgIpc) is 1.40. The maximum Gasteiger partial charge on any atom is 0.207 e. The number of aromatic nitrogens is 3. The van der Waals surface area contributed by atoms with Gasteiger partial charge in [-0.3, -0.25) is 0 Å². The van der Waals surface area contributed by atoms with E-state index in [-0.39, 0.29) is 5.41 Å². The quantitative estimate of drug-likeness (QED) is 0.162.